The van der Waals surface area contributed by atoms with E-state index >= 15 is 0 Å². The maximum absolute atomic E-state index is 12.3. The smallest absolute Gasteiger partial charge is 0.257 e. The van der Waals surface area contributed by atoms with Crippen molar-refractivity contribution in [3.63, 3.8) is 0 Å². The molecule has 3 N–H and O–H groups in total. The number of nitrogens with two attached hydrogens (primary N) is 1. The van der Waals surface area contributed by atoms with E-state index in [1.807, 2.05) is 32.0 Å². The Labute approximate surface area is 128 Å². The molecule has 0 bridgehead atoms. The van der Waals surface area contributed by atoms with Crippen LogP contribution in [0.1, 0.15) is 22.8 Å². The van der Waals surface area contributed by atoms with E-state index < -0.39 is 0 Å². The zero-order valence-corrected chi connectivity index (χ0v) is 12.7. The van der Waals surface area contributed by atoms with E-state index in [-0.39, 0.29) is 5.91 Å². The van der Waals surface area contributed by atoms with Gasteiger partial charge < -0.3 is 15.8 Å². The molecule has 0 aliphatic carbocycles. The van der Waals surface area contributed by atoms with Crippen LogP contribution in [0.5, 0.6) is 5.75 Å². The third-order valence-electron chi connectivity index (χ3n) is 2.92. The lowest BCUT2D eigenvalue weighted by Gasteiger charge is -2.13. The minimum absolute atomic E-state index is 0.299. The summed E-state index contributed by atoms with van der Waals surface area (Å²) in [5, 5.41) is 3.14. The van der Waals surface area contributed by atoms with Crippen LogP contribution in [0.4, 0.5) is 11.4 Å². The summed E-state index contributed by atoms with van der Waals surface area (Å²) in [6, 6.07) is 10.4. The Kier molecular flexibility index (Phi) is 4.70. The quantitative estimate of drug-likeness (QED) is 0.842. The Morgan fingerprint density at radius 2 is 2.05 bits per heavy atom. The Bertz CT molecular complexity index is 671. The zero-order valence-electron chi connectivity index (χ0n) is 11.9. The molecule has 21 heavy (non-hydrogen) atoms. The first kappa shape index (κ1) is 15.2. The Morgan fingerprint density at radius 3 is 2.71 bits per heavy atom. The fourth-order valence-corrected chi connectivity index (χ4v) is 2.20. The number of amides is 1. The first-order valence-electron chi connectivity index (χ1n) is 6.61. The Morgan fingerprint density at radius 1 is 1.29 bits per heavy atom. The SMILES string of the molecule is CCOc1ccc(C)cc1NC(=O)c1ccc(N)cc1Cl. The van der Waals surface area contributed by atoms with Crippen molar-refractivity contribution in [2.45, 2.75) is 13.8 Å². The fourth-order valence-electron chi connectivity index (χ4n) is 1.93. The van der Waals surface area contributed by atoms with Gasteiger partial charge in [-0.15, -0.1) is 0 Å². The summed E-state index contributed by atoms with van der Waals surface area (Å²) in [6.07, 6.45) is 0. The summed E-state index contributed by atoms with van der Waals surface area (Å²) < 4.78 is 5.51. The number of hydrogen-bond acceptors (Lipinski definition) is 3. The van der Waals surface area contributed by atoms with Gasteiger partial charge in [0.25, 0.3) is 5.91 Å². The van der Waals surface area contributed by atoms with Gasteiger partial charge in [-0.25, -0.2) is 0 Å². The molecule has 110 valence electrons. The second kappa shape index (κ2) is 6.50. The highest BCUT2D eigenvalue weighted by molar-refractivity contribution is 6.34. The number of anilines is 2. The van der Waals surface area contributed by atoms with Crippen molar-refractivity contribution >= 4 is 28.9 Å². The van der Waals surface area contributed by atoms with Gasteiger partial charge in [-0.1, -0.05) is 17.7 Å². The summed E-state index contributed by atoms with van der Waals surface area (Å²) >= 11 is 6.05. The normalized spacial score (nSPS) is 10.2. The van der Waals surface area contributed by atoms with Crippen LogP contribution in [-0.2, 0) is 0 Å². The van der Waals surface area contributed by atoms with Gasteiger partial charge in [0.05, 0.1) is 22.9 Å². The van der Waals surface area contributed by atoms with E-state index in [0.29, 0.717) is 34.3 Å². The summed E-state index contributed by atoms with van der Waals surface area (Å²) in [7, 11) is 0. The summed E-state index contributed by atoms with van der Waals surface area (Å²) in [5.74, 6) is 0.328. The van der Waals surface area contributed by atoms with E-state index in [9.17, 15) is 4.79 Å². The third kappa shape index (κ3) is 3.67. The van der Waals surface area contributed by atoms with Gasteiger partial charge in [0.15, 0.2) is 0 Å². The lowest BCUT2D eigenvalue weighted by atomic mass is 10.1. The minimum Gasteiger partial charge on any atom is -0.492 e. The average molecular weight is 305 g/mol. The van der Waals surface area contributed by atoms with Crippen LogP contribution in [-0.4, -0.2) is 12.5 Å². The molecule has 0 spiro atoms. The number of ether oxygens (including phenoxy) is 1. The van der Waals surface area contributed by atoms with Crippen molar-refractivity contribution in [2.24, 2.45) is 0 Å². The molecule has 5 heteroatoms. The molecule has 2 rings (SSSR count). The maximum Gasteiger partial charge on any atom is 0.257 e. The topological polar surface area (TPSA) is 64.3 Å². The molecule has 0 radical (unpaired) electrons. The van der Waals surface area contributed by atoms with Crippen molar-refractivity contribution in [1.82, 2.24) is 0 Å². The van der Waals surface area contributed by atoms with Crippen LogP contribution in [0.15, 0.2) is 36.4 Å². The number of nitrogens with one attached hydrogen (secondary N) is 1. The zero-order chi connectivity index (χ0) is 15.4. The summed E-state index contributed by atoms with van der Waals surface area (Å²) in [4.78, 5) is 12.3. The lowest BCUT2D eigenvalue weighted by Crippen LogP contribution is -2.13. The minimum atomic E-state index is -0.299. The van der Waals surface area contributed by atoms with Gasteiger partial charge >= 0.3 is 0 Å². The molecule has 0 atom stereocenters. The Balaban J connectivity index is 2.28. The number of hydrogen-bond donors (Lipinski definition) is 2. The largest absolute Gasteiger partial charge is 0.492 e. The number of aryl methyl sites for hydroxylation is 1. The van der Waals surface area contributed by atoms with Crippen molar-refractivity contribution in [1.29, 1.82) is 0 Å². The fraction of sp³-hybridized carbons (Fsp3) is 0.188. The molecular formula is C16H17ClN2O2. The van der Waals surface area contributed by atoms with Crippen molar-refractivity contribution in [3.05, 3.63) is 52.5 Å². The highest BCUT2D eigenvalue weighted by Gasteiger charge is 2.13. The molecular weight excluding hydrogens is 288 g/mol. The number of halogens is 1. The molecule has 0 aromatic heterocycles. The molecule has 0 unspecified atom stereocenters. The van der Waals surface area contributed by atoms with Crippen LogP contribution in [0, 0.1) is 6.92 Å². The molecule has 0 aliphatic rings. The van der Waals surface area contributed by atoms with Crippen molar-refractivity contribution in [3.8, 4) is 5.75 Å². The average Bonchev–Trinajstić information content (AvgIpc) is 2.41. The monoisotopic (exact) mass is 304 g/mol. The van der Waals surface area contributed by atoms with Crippen molar-refractivity contribution in [2.75, 3.05) is 17.7 Å². The molecule has 2 aromatic rings. The second-order valence-electron chi connectivity index (χ2n) is 4.63. The number of nitrogen functional groups attached to an aromatic ring is 1. The number of rotatable bonds is 4. The van der Waals surface area contributed by atoms with Crippen LogP contribution < -0.4 is 15.8 Å². The van der Waals surface area contributed by atoms with Gasteiger partial charge in [0.1, 0.15) is 5.75 Å². The second-order valence-corrected chi connectivity index (χ2v) is 5.03. The summed E-state index contributed by atoms with van der Waals surface area (Å²) in [6.45, 7) is 4.36. The van der Waals surface area contributed by atoms with E-state index in [1.54, 1.807) is 18.2 Å². The van der Waals surface area contributed by atoms with Gasteiger partial charge in [-0.3, -0.25) is 4.79 Å². The van der Waals surface area contributed by atoms with Crippen LogP contribution in [0.25, 0.3) is 0 Å². The van der Waals surface area contributed by atoms with Gasteiger partial charge in [-0.05, 0) is 49.7 Å². The molecule has 0 heterocycles. The van der Waals surface area contributed by atoms with Crippen LogP contribution in [0.2, 0.25) is 5.02 Å². The Hall–Kier alpha value is -2.20. The molecule has 0 saturated carbocycles. The molecule has 0 aliphatic heterocycles. The highest BCUT2D eigenvalue weighted by Crippen LogP contribution is 2.27. The van der Waals surface area contributed by atoms with Crippen LogP contribution in [0.3, 0.4) is 0 Å². The standard InChI is InChI=1S/C16H17ClN2O2/c1-3-21-15-7-4-10(2)8-14(15)19-16(20)12-6-5-11(18)9-13(12)17/h4-9H,3,18H2,1-2H3,(H,19,20). The predicted octanol–water partition coefficient (Wildman–Crippen LogP) is 3.88. The van der Waals surface area contributed by atoms with Crippen LogP contribution >= 0.6 is 11.6 Å². The first-order valence-corrected chi connectivity index (χ1v) is 6.99. The van der Waals surface area contributed by atoms with Gasteiger partial charge in [-0.2, -0.15) is 0 Å². The van der Waals surface area contributed by atoms with E-state index in [0.717, 1.165) is 5.56 Å². The maximum atomic E-state index is 12.3. The van der Waals surface area contributed by atoms with Gasteiger partial charge in [0.2, 0.25) is 0 Å². The van der Waals surface area contributed by atoms with Crippen molar-refractivity contribution < 1.29 is 9.53 Å². The van der Waals surface area contributed by atoms with E-state index in [1.165, 1.54) is 0 Å². The third-order valence-corrected chi connectivity index (χ3v) is 3.23. The molecule has 0 fully saturated rings. The summed E-state index contributed by atoms with van der Waals surface area (Å²) in [5.41, 5.74) is 8.16. The number of benzene rings is 2. The lowest BCUT2D eigenvalue weighted by molar-refractivity contribution is 0.102. The molecule has 2 aromatic carbocycles. The number of carbonyl (C=O) groups excluding carboxylic acids is 1. The molecule has 0 saturated heterocycles. The first-order chi connectivity index (χ1) is 10.0. The predicted molar refractivity (Wildman–Crippen MR) is 86.2 cm³/mol. The van der Waals surface area contributed by atoms with E-state index in [4.69, 9.17) is 22.1 Å². The van der Waals surface area contributed by atoms with Gasteiger partial charge in [0, 0.05) is 5.69 Å². The number of carbonyl (C=O) groups is 1. The molecule has 1 amide bonds. The molecule has 4 nitrogen and oxygen atoms in total. The highest BCUT2D eigenvalue weighted by atomic mass is 35.5. The van der Waals surface area contributed by atoms with E-state index in [2.05, 4.69) is 5.32 Å².